The Kier molecular flexibility index (Phi) is 4.42. The number of likely N-dealkylation sites (tertiary alicyclic amines) is 1. The lowest BCUT2D eigenvalue weighted by Gasteiger charge is -2.30. The van der Waals surface area contributed by atoms with Gasteiger partial charge in [0.2, 0.25) is 5.91 Å². The fourth-order valence-electron chi connectivity index (χ4n) is 2.68. The average molecular weight is 305 g/mol. The minimum Gasteiger partial charge on any atom is -0.330 e. The van der Waals surface area contributed by atoms with E-state index in [0.717, 1.165) is 60.9 Å². The molecular weight excluding hydrogens is 286 g/mol. The molecule has 2 heterocycles. The van der Waals surface area contributed by atoms with E-state index in [1.54, 1.807) is 0 Å². The number of anilines is 1. The number of nitrogens with one attached hydrogen (secondary N) is 1. The molecule has 1 saturated heterocycles. The van der Waals surface area contributed by atoms with Crippen molar-refractivity contribution in [3.8, 4) is 0 Å². The van der Waals surface area contributed by atoms with Crippen LogP contribution >= 0.6 is 11.7 Å². The van der Waals surface area contributed by atoms with Gasteiger partial charge in [-0.05, 0) is 50.5 Å². The van der Waals surface area contributed by atoms with Gasteiger partial charge in [-0.25, -0.2) is 0 Å². The van der Waals surface area contributed by atoms with Gasteiger partial charge in [-0.15, -0.1) is 0 Å². The van der Waals surface area contributed by atoms with E-state index < -0.39 is 0 Å². The van der Waals surface area contributed by atoms with E-state index in [1.807, 2.05) is 18.2 Å². The van der Waals surface area contributed by atoms with Gasteiger partial charge in [0.05, 0.1) is 24.0 Å². The van der Waals surface area contributed by atoms with Crippen LogP contribution in [0.5, 0.6) is 0 Å². The Labute approximate surface area is 127 Å². The highest BCUT2D eigenvalue weighted by molar-refractivity contribution is 7.00. The Bertz CT molecular complexity index is 621. The monoisotopic (exact) mass is 305 g/mol. The van der Waals surface area contributed by atoms with Crippen molar-refractivity contribution in [2.24, 2.45) is 11.7 Å². The molecule has 0 unspecified atom stereocenters. The molecule has 1 amide bonds. The van der Waals surface area contributed by atoms with Gasteiger partial charge >= 0.3 is 0 Å². The summed E-state index contributed by atoms with van der Waals surface area (Å²) >= 11 is 1.16. The predicted molar refractivity (Wildman–Crippen MR) is 84.3 cm³/mol. The van der Waals surface area contributed by atoms with E-state index in [2.05, 4.69) is 19.0 Å². The van der Waals surface area contributed by atoms with E-state index in [9.17, 15) is 4.79 Å². The molecule has 7 heteroatoms. The molecule has 0 saturated carbocycles. The first-order chi connectivity index (χ1) is 10.3. The average Bonchev–Trinajstić information content (AvgIpc) is 2.97. The lowest BCUT2D eigenvalue weighted by Crippen LogP contribution is -2.40. The fraction of sp³-hybridized carbons (Fsp3) is 0.500. The molecule has 0 atom stereocenters. The molecule has 21 heavy (non-hydrogen) atoms. The predicted octanol–water partition coefficient (Wildman–Crippen LogP) is 1.30. The highest BCUT2D eigenvalue weighted by Crippen LogP contribution is 2.21. The summed E-state index contributed by atoms with van der Waals surface area (Å²) in [5, 5.41) is 2.94. The first-order valence-corrected chi connectivity index (χ1v) is 7.93. The minimum atomic E-state index is 0.00157. The number of nitrogens with two attached hydrogens (primary N) is 1. The number of nitrogens with zero attached hydrogens (tertiary/aromatic N) is 3. The van der Waals surface area contributed by atoms with Crippen molar-refractivity contribution in [2.45, 2.75) is 12.8 Å². The van der Waals surface area contributed by atoms with E-state index in [-0.39, 0.29) is 5.91 Å². The first-order valence-electron chi connectivity index (χ1n) is 7.20. The van der Waals surface area contributed by atoms with Crippen LogP contribution in [-0.4, -0.2) is 45.7 Å². The van der Waals surface area contributed by atoms with Gasteiger partial charge < -0.3 is 11.1 Å². The zero-order chi connectivity index (χ0) is 14.7. The van der Waals surface area contributed by atoms with Gasteiger partial charge in [0.15, 0.2) is 0 Å². The minimum absolute atomic E-state index is 0.00157. The summed E-state index contributed by atoms with van der Waals surface area (Å²) < 4.78 is 8.40. The number of carbonyl (C=O) groups excluding carboxylic acids is 1. The molecule has 0 spiro atoms. The molecule has 6 nitrogen and oxygen atoms in total. The van der Waals surface area contributed by atoms with E-state index in [1.165, 1.54) is 0 Å². The summed E-state index contributed by atoms with van der Waals surface area (Å²) in [6.45, 7) is 3.06. The molecule has 3 rings (SSSR count). The number of hydrogen-bond donors (Lipinski definition) is 2. The van der Waals surface area contributed by atoms with Gasteiger partial charge in [-0.1, -0.05) is 6.07 Å². The van der Waals surface area contributed by atoms with Gasteiger partial charge in [0.1, 0.15) is 11.0 Å². The number of aromatic nitrogens is 2. The summed E-state index contributed by atoms with van der Waals surface area (Å²) in [6.07, 6.45) is 2.16. The van der Waals surface area contributed by atoms with Crippen molar-refractivity contribution in [3.05, 3.63) is 18.2 Å². The zero-order valence-corrected chi connectivity index (χ0v) is 12.6. The van der Waals surface area contributed by atoms with E-state index in [4.69, 9.17) is 5.73 Å². The van der Waals surface area contributed by atoms with Gasteiger partial charge in [-0.3, -0.25) is 9.69 Å². The van der Waals surface area contributed by atoms with Crippen LogP contribution in [-0.2, 0) is 4.79 Å². The molecular formula is C14H19N5OS. The Morgan fingerprint density at radius 2 is 2.19 bits per heavy atom. The number of rotatable bonds is 4. The number of hydrogen-bond acceptors (Lipinski definition) is 6. The Morgan fingerprint density at radius 3 is 2.95 bits per heavy atom. The molecule has 112 valence electrons. The molecule has 3 N–H and O–H groups in total. The SMILES string of the molecule is NCC1CCN(CC(=O)Nc2cccc3nsnc23)CC1. The van der Waals surface area contributed by atoms with Crippen LogP contribution in [0, 0.1) is 5.92 Å². The fourth-order valence-corrected chi connectivity index (χ4v) is 3.23. The topological polar surface area (TPSA) is 84.1 Å². The summed E-state index contributed by atoms with van der Waals surface area (Å²) in [6, 6.07) is 5.64. The normalized spacial score (nSPS) is 17.2. The molecule has 1 aliphatic heterocycles. The third kappa shape index (κ3) is 3.37. The number of fused-ring (bicyclic) bond motifs is 1. The maximum absolute atomic E-state index is 12.2. The second kappa shape index (κ2) is 6.46. The Hall–Kier alpha value is -1.57. The Morgan fingerprint density at radius 1 is 1.38 bits per heavy atom. The quantitative estimate of drug-likeness (QED) is 0.889. The smallest absolute Gasteiger partial charge is 0.238 e. The van der Waals surface area contributed by atoms with Crippen LogP contribution in [0.2, 0.25) is 0 Å². The number of benzene rings is 1. The summed E-state index contributed by atoms with van der Waals surface area (Å²) in [5.74, 6) is 0.612. The number of carbonyl (C=O) groups is 1. The molecule has 1 aliphatic rings. The third-order valence-corrected chi connectivity index (χ3v) is 4.51. The summed E-state index contributed by atoms with van der Waals surface area (Å²) in [4.78, 5) is 14.4. The van der Waals surface area contributed by atoms with Crippen LogP contribution in [0.1, 0.15) is 12.8 Å². The van der Waals surface area contributed by atoms with Gasteiger partial charge in [-0.2, -0.15) is 8.75 Å². The number of piperidine rings is 1. The standard InChI is InChI=1S/C14H19N5OS/c15-8-10-4-6-19(7-5-10)9-13(20)16-11-2-1-3-12-14(11)18-21-17-12/h1-3,10H,4-9,15H2,(H,16,20). The third-order valence-electron chi connectivity index (χ3n) is 3.97. The van der Waals surface area contributed by atoms with Gasteiger partial charge in [0, 0.05) is 0 Å². The molecule has 1 aromatic carbocycles. The van der Waals surface area contributed by atoms with E-state index >= 15 is 0 Å². The lowest BCUT2D eigenvalue weighted by atomic mass is 9.97. The molecule has 0 bridgehead atoms. The maximum Gasteiger partial charge on any atom is 0.238 e. The maximum atomic E-state index is 12.2. The number of amides is 1. The molecule has 2 aromatic rings. The molecule has 1 aromatic heterocycles. The van der Waals surface area contributed by atoms with Crippen LogP contribution in [0.25, 0.3) is 11.0 Å². The van der Waals surface area contributed by atoms with Crippen LogP contribution < -0.4 is 11.1 Å². The van der Waals surface area contributed by atoms with Crippen molar-refractivity contribution >= 4 is 34.4 Å². The molecule has 0 aliphatic carbocycles. The van der Waals surface area contributed by atoms with Crippen LogP contribution in [0.15, 0.2) is 18.2 Å². The first kappa shape index (κ1) is 14.4. The van der Waals surface area contributed by atoms with Gasteiger partial charge in [0.25, 0.3) is 0 Å². The second-order valence-corrected chi connectivity index (χ2v) is 5.97. The highest BCUT2D eigenvalue weighted by Gasteiger charge is 2.20. The van der Waals surface area contributed by atoms with Crippen molar-refractivity contribution in [2.75, 3.05) is 31.5 Å². The highest BCUT2D eigenvalue weighted by atomic mass is 32.1. The molecule has 1 fully saturated rings. The van der Waals surface area contributed by atoms with Crippen molar-refractivity contribution in [3.63, 3.8) is 0 Å². The van der Waals surface area contributed by atoms with Crippen molar-refractivity contribution in [1.82, 2.24) is 13.6 Å². The lowest BCUT2D eigenvalue weighted by molar-refractivity contribution is -0.117. The van der Waals surface area contributed by atoms with Crippen molar-refractivity contribution < 1.29 is 4.79 Å². The zero-order valence-electron chi connectivity index (χ0n) is 11.8. The van der Waals surface area contributed by atoms with Crippen LogP contribution in [0.4, 0.5) is 5.69 Å². The van der Waals surface area contributed by atoms with E-state index in [0.29, 0.717) is 12.5 Å². The van der Waals surface area contributed by atoms with Crippen molar-refractivity contribution in [1.29, 1.82) is 0 Å². The summed E-state index contributed by atoms with van der Waals surface area (Å²) in [5.41, 5.74) is 8.01. The summed E-state index contributed by atoms with van der Waals surface area (Å²) in [7, 11) is 0. The Balaban J connectivity index is 1.58. The largest absolute Gasteiger partial charge is 0.330 e. The molecule has 0 radical (unpaired) electrons. The second-order valence-electron chi connectivity index (χ2n) is 5.44. The van der Waals surface area contributed by atoms with Crippen LogP contribution in [0.3, 0.4) is 0 Å².